The van der Waals surface area contributed by atoms with Gasteiger partial charge in [0.2, 0.25) is 0 Å². The van der Waals surface area contributed by atoms with Gasteiger partial charge >= 0.3 is 0 Å². The van der Waals surface area contributed by atoms with E-state index in [2.05, 4.69) is 50.3 Å². The summed E-state index contributed by atoms with van der Waals surface area (Å²) in [6, 6.07) is 12.3. The molecule has 0 spiro atoms. The van der Waals surface area contributed by atoms with Gasteiger partial charge in [-0.2, -0.15) is 5.10 Å². The van der Waals surface area contributed by atoms with Crippen LogP contribution in [0.5, 0.6) is 11.5 Å². The molecule has 0 radical (unpaired) electrons. The number of β-amino-alcohol motifs (C(OH)–C–C–N with tert-alkyl or cyclic N) is 1. The molecule has 0 amide bonds. The molecule has 1 saturated carbocycles. The Kier molecular flexibility index (Phi) is 8.31. The summed E-state index contributed by atoms with van der Waals surface area (Å²) in [6.07, 6.45) is 8.27. The average molecular weight is 558 g/mol. The normalized spacial score (nSPS) is 16.3. The fourth-order valence-electron chi connectivity index (χ4n) is 5.41. The van der Waals surface area contributed by atoms with Crippen LogP contribution in [0.1, 0.15) is 12.8 Å². The lowest BCUT2D eigenvalue weighted by Crippen LogP contribution is -2.47. The molecule has 216 valence electrons. The number of piperazine rings is 1. The summed E-state index contributed by atoms with van der Waals surface area (Å²) in [4.78, 5) is 16.8. The maximum atomic E-state index is 9.16. The molecule has 2 aromatic heterocycles. The Morgan fingerprint density at radius 2 is 1.59 bits per heavy atom. The van der Waals surface area contributed by atoms with Crippen molar-refractivity contribution in [1.82, 2.24) is 29.5 Å². The van der Waals surface area contributed by atoms with Crippen LogP contribution < -0.4 is 14.4 Å². The Balaban J connectivity index is 1.20. The van der Waals surface area contributed by atoms with E-state index in [1.165, 1.54) is 12.8 Å². The molecule has 4 aromatic rings. The highest BCUT2D eigenvalue weighted by molar-refractivity contribution is 5.82. The van der Waals surface area contributed by atoms with Crippen molar-refractivity contribution in [1.29, 1.82) is 0 Å². The van der Waals surface area contributed by atoms with Gasteiger partial charge in [0.15, 0.2) is 0 Å². The number of aromatic nitrogens is 4. The van der Waals surface area contributed by atoms with Crippen LogP contribution in [0.15, 0.2) is 55.0 Å². The quantitative estimate of drug-likeness (QED) is 0.280. The number of methoxy groups -OCH3 is 2. The molecular formula is C31H39N7O3. The predicted octanol–water partition coefficient (Wildman–Crippen LogP) is 3.67. The Morgan fingerprint density at radius 3 is 2.27 bits per heavy atom. The summed E-state index contributed by atoms with van der Waals surface area (Å²) in [6.45, 7) is 7.74. The molecule has 3 heterocycles. The van der Waals surface area contributed by atoms with Crippen molar-refractivity contribution in [2.24, 2.45) is 5.92 Å². The van der Waals surface area contributed by atoms with E-state index in [4.69, 9.17) is 24.5 Å². The van der Waals surface area contributed by atoms with Gasteiger partial charge in [0.25, 0.3) is 0 Å². The Hall–Kier alpha value is -3.73. The van der Waals surface area contributed by atoms with E-state index in [1.807, 2.05) is 29.2 Å². The van der Waals surface area contributed by atoms with Crippen LogP contribution in [0.3, 0.4) is 0 Å². The number of anilines is 2. The third-order valence-electron chi connectivity index (χ3n) is 8.08. The van der Waals surface area contributed by atoms with Crippen LogP contribution >= 0.6 is 0 Å². The molecule has 41 heavy (non-hydrogen) atoms. The number of aliphatic hydroxyl groups excluding tert-OH is 1. The minimum atomic E-state index is 0.227. The molecule has 6 rings (SSSR count). The lowest BCUT2D eigenvalue weighted by molar-refractivity contribution is 0.109. The van der Waals surface area contributed by atoms with Crippen molar-refractivity contribution < 1.29 is 14.6 Å². The molecule has 1 saturated heterocycles. The monoisotopic (exact) mass is 557 g/mol. The molecule has 0 unspecified atom stereocenters. The van der Waals surface area contributed by atoms with Crippen LogP contribution in [0.25, 0.3) is 22.3 Å². The van der Waals surface area contributed by atoms with E-state index in [1.54, 1.807) is 14.2 Å². The molecule has 2 aliphatic rings. The largest absolute Gasteiger partial charge is 0.497 e. The van der Waals surface area contributed by atoms with Crippen molar-refractivity contribution in [3.8, 4) is 22.8 Å². The molecule has 2 aromatic carbocycles. The lowest BCUT2D eigenvalue weighted by atomic mass is 10.1. The number of benzene rings is 2. The van der Waals surface area contributed by atoms with Crippen molar-refractivity contribution in [3.05, 3.63) is 55.0 Å². The molecule has 0 bridgehead atoms. The van der Waals surface area contributed by atoms with Crippen molar-refractivity contribution in [3.63, 3.8) is 0 Å². The number of nitrogens with zero attached hydrogens (tertiary/aromatic N) is 7. The standard InChI is InChI=1S/C31H39N7O3/c1-40-27-15-26(16-28(18-27)41-2)38(21-23-3-4-23)25-5-6-29-30(17-25)34-31(20-32-29)24-19-33-37(22-24)12-11-35-7-9-36(10-8-35)13-14-39/h5-6,15-20,22-23,39H,3-4,7-14,21H2,1-2H3. The molecule has 1 N–H and O–H groups in total. The van der Waals surface area contributed by atoms with Crippen LogP contribution in [-0.4, -0.2) is 101 Å². The summed E-state index contributed by atoms with van der Waals surface area (Å²) in [5.74, 6) is 2.21. The summed E-state index contributed by atoms with van der Waals surface area (Å²) >= 11 is 0. The highest BCUT2D eigenvalue weighted by Gasteiger charge is 2.26. The first-order chi connectivity index (χ1) is 20.1. The van der Waals surface area contributed by atoms with E-state index >= 15 is 0 Å². The minimum Gasteiger partial charge on any atom is -0.497 e. The maximum absolute atomic E-state index is 9.16. The van der Waals surface area contributed by atoms with Crippen LogP contribution in [0.2, 0.25) is 0 Å². The molecular weight excluding hydrogens is 518 g/mol. The van der Waals surface area contributed by atoms with Gasteiger partial charge in [0, 0.05) is 87.1 Å². The highest BCUT2D eigenvalue weighted by Crippen LogP contribution is 2.38. The van der Waals surface area contributed by atoms with E-state index in [9.17, 15) is 0 Å². The third-order valence-corrected chi connectivity index (χ3v) is 8.08. The first-order valence-corrected chi connectivity index (χ1v) is 14.5. The molecule has 2 fully saturated rings. The van der Waals surface area contributed by atoms with Crippen molar-refractivity contribution in [2.45, 2.75) is 19.4 Å². The minimum absolute atomic E-state index is 0.227. The topological polar surface area (TPSA) is 92.0 Å². The van der Waals surface area contributed by atoms with Crippen molar-refractivity contribution in [2.75, 3.05) is 71.5 Å². The average Bonchev–Trinajstić information content (AvgIpc) is 3.72. The van der Waals surface area contributed by atoms with Crippen molar-refractivity contribution >= 4 is 22.4 Å². The molecule has 10 nitrogen and oxygen atoms in total. The summed E-state index contributed by atoms with van der Waals surface area (Å²) in [5.41, 5.74) is 5.60. The fraction of sp³-hybridized carbons (Fsp3) is 0.452. The predicted molar refractivity (Wildman–Crippen MR) is 160 cm³/mol. The smallest absolute Gasteiger partial charge is 0.124 e. The molecule has 0 atom stereocenters. The zero-order valence-corrected chi connectivity index (χ0v) is 23.9. The Labute approximate surface area is 241 Å². The van der Waals surface area contributed by atoms with Gasteiger partial charge in [0.05, 0.1) is 56.5 Å². The number of hydrogen-bond donors (Lipinski definition) is 1. The highest BCUT2D eigenvalue weighted by atomic mass is 16.5. The Bertz CT molecular complexity index is 1440. The third kappa shape index (κ3) is 6.61. The summed E-state index contributed by atoms with van der Waals surface area (Å²) in [5, 5.41) is 13.8. The van der Waals surface area contributed by atoms with Gasteiger partial charge in [0.1, 0.15) is 11.5 Å². The fourth-order valence-corrected chi connectivity index (χ4v) is 5.41. The van der Waals surface area contributed by atoms with E-state index in [-0.39, 0.29) is 6.61 Å². The first-order valence-electron chi connectivity index (χ1n) is 14.5. The SMILES string of the molecule is COc1cc(OC)cc(N(CC2CC2)c2ccc3ncc(-c4cnn(CCN5CCN(CCO)CC5)c4)nc3c2)c1. The number of hydrogen-bond acceptors (Lipinski definition) is 9. The van der Waals surface area contributed by atoms with Gasteiger partial charge in [-0.25, -0.2) is 4.98 Å². The number of ether oxygens (including phenoxy) is 2. The van der Waals surface area contributed by atoms with Gasteiger partial charge in [-0.1, -0.05) is 0 Å². The molecule has 10 heteroatoms. The second-order valence-electron chi connectivity index (χ2n) is 11.0. The maximum Gasteiger partial charge on any atom is 0.124 e. The Morgan fingerprint density at radius 1 is 0.854 bits per heavy atom. The second-order valence-corrected chi connectivity index (χ2v) is 11.0. The van der Waals surface area contributed by atoms with Gasteiger partial charge in [-0.05, 0) is 37.0 Å². The second kappa shape index (κ2) is 12.4. The van der Waals surface area contributed by atoms with Crippen LogP contribution in [-0.2, 0) is 6.54 Å². The summed E-state index contributed by atoms with van der Waals surface area (Å²) in [7, 11) is 3.36. The molecule has 1 aliphatic carbocycles. The zero-order valence-electron chi connectivity index (χ0n) is 23.9. The first kappa shape index (κ1) is 27.4. The zero-order chi connectivity index (χ0) is 28.2. The van der Waals surface area contributed by atoms with Gasteiger partial charge < -0.3 is 19.5 Å². The number of fused-ring (bicyclic) bond motifs is 1. The van der Waals surface area contributed by atoms with Crippen LogP contribution in [0, 0.1) is 5.92 Å². The van der Waals surface area contributed by atoms with Gasteiger partial charge in [-0.3, -0.25) is 19.5 Å². The van der Waals surface area contributed by atoms with E-state index in [0.29, 0.717) is 5.92 Å². The van der Waals surface area contributed by atoms with Crippen LogP contribution in [0.4, 0.5) is 11.4 Å². The van der Waals surface area contributed by atoms with Gasteiger partial charge in [-0.15, -0.1) is 0 Å². The van der Waals surface area contributed by atoms with E-state index in [0.717, 1.165) is 97.5 Å². The van der Waals surface area contributed by atoms with E-state index < -0.39 is 0 Å². The molecule has 1 aliphatic heterocycles. The summed E-state index contributed by atoms with van der Waals surface area (Å²) < 4.78 is 13.1. The lowest BCUT2D eigenvalue weighted by Gasteiger charge is -2.34. The number of aliphatic hydroxyl groups is 1. The number of rotatable bonds is 12.